The van der Waals surface area contributed by atoms with Gasteiger partial charge in [-0.2, -0.15) is 5.10 Å². The number of para-hydroxylation sites is 1. The van der Waals surface area contributed by atoms with E-state index in [0.717, 1.165) is 10.9 Å². The normalized spacial score (nSPS) is 10.5. The van der Waals surface area contributed by atoms with Crippen LogP contribution in [-0.4, -0.2) is 29.2 Å². The molecule has 0 fully saturated rings. The van der Waals surface area contributed by atoms with Crippen LogP contribution in [0.3, 0.4) is 0 Å². The van der Waals surface area contributed by atoms with Crippen LogP contribution >= 0.6 is 0 Å². The molecule has 0 aliphatic carbocycles. The van der Waals surface area contributed by atoms with E-state index >= 15 is 0 Å². The summed E-state index contributed by atoms with van der Waals surface area (Å²) in [6.45, 7) is 1.85. The molecule has 0 aliphatic rings. The summed E-state index contributed by atoms with van der Waals surface area (Å²) in [6.07, 6.45) is 1.66. The number of hydrogen-bond acceptors (Lipinski definition) is 4. The van der Waals surface area contributed by atoms with Crippen LogP contribution in [0.5, 0.6) is 0 Å². The summed E-state index contributed by atoms with van der Waals surface area (Å²) in [7, 11) is 1.32. The number of nitrogens with zero attached hydrogens (tertiary/aromatic N) is 1. The number of aryl methyl sites for hydroxylation is 1. The number of rotatable bonds is 3. The minimum Gasteiger partial charge on any atom is -0.465 e. The number of fused-ring (bicyclic) bond motifs is 1. The quantitative estimate of drug-likeness (QED) is 0.729. The van der Waals surface area contributed by atoms with Crippen molar-refractivity contribution in [2.75, 3.05) is 12.4 Å². The number of hydrogen-bond donors (Lipinski definition) is 2. The van der Waals surface area contributed by atoms with Gasteiger partial charge in [0, 0.05) is 11.1 Å². The van der Waals surface area contributed by atoms with E-state index in [0.29, 0.717) is 22.3 Å². The Morgan fingerprint density at radius 2 is 2.04 bits per heavy atom. The van der Waals surface area contributed by atoms with Crippen molar-refractivity contribution in [2.45, 2.75) is 6.92 Å². The molecule has 0 aliphatic heterocycles. The van der Waals surface area contributed by atoms with Crippen molar-refractivity contribution >= 4 is 28.5 Å². The summed E-state index contributed by atoms with van der Waals surface area (Å²) in [5.74, 6) is -0.721. The van der Waals surface area contributed by atoms with Gasteiger partial charge in [-0.1, -0.05) is 18.2 Å². The third kappa shape index (κ3) is 2.78. The summed E-state index contributed by atoms with van der Waals surface area (Å²) in [5, 5.41) is 10.5. The molecular formula is C17H15N3O3. The summed E-state index contributed by atoms with van der Waals surface area (Å²) in [4.78, 5) is 24.2. The molecular weight excluding hydrogens is 294 g/mol. The molecule has 1 aromatic heterocycles. The minimum absolute atomic E-state index is 0.273. The lowest BCUT2D eigenvalue weighted by molar-refractivity contribution is 0.0600. The summed E-state index contributed by atoms with van der Waals surface area (Å²) < 4.78 is 4.70. The molecule has 0 unspecified atom stereocenters. The van der Waals surface area contributed by atoms with E-state index in [2.05, 4.69) is 15.5 Å². The molecule has 2 N–H and O–H groups in total. The minimum atomic E-state index is -0.448. The van der Waals surface area contributed by atoms with E-state index in [1.807, 2.05) is 13.0 Å². The maximum absolute atomic E-state index is 12.6. The van der Waals surface area contributed by atoms with Crippen LogP contribution in [-0.2, 0) is 4.74 Å². The number of ether oxygens (including phenoxy) is 1. The predicted molar refractivity (Wildman–Crippen MR) is 86.6 cm³/mol. The van der Waals surface area contributed by atoms with Crippen molar-refractivity contribution in [3.8, 4) is 0 Å². The smallest absolute Gasteiger partial charge is 0.337 e. The average molecular weight is 309 g/mol. The zero-order valence-electron chi connectivity index (χ0n) is 12.7. The first-order valence-electron chi connectivity index (χ1n) is 7.02. The lowest BCUT2D eigenvalue weighted by atomic mass is 10.1. The van der Waals surface area contributed by atoms with Gasteiger partial charge in [0.2, 0.25) is 0 Å². The molecule has 0 saturated carbocycles. The molecule has 0 atom stereocenters. The Bertz CT molecular complexity index is 899. The topological polar surface area (TPSA) is 84.1 Å². The van der Waals surface area contributed by atoms with E-state index in [1.54, 1.807) is 36.5 Å². The molecule has 23 heavy (non-hydrogen) atoms. The van der Waals surface area contributed by atoms with Crippen LogP contribution in [0.1, 0.15) is 26.3 Å². The van der Waals surface area contributed by atoms with Crippen LogP contribution in [0.15, 0.2) is 42.6 Å². The van der Waals surface area contributed by atoms with Gasteiger partial charge in [0.15, 0.2) is 0 Å². The monoisotopic (exact) mass is 309 g/mol. The Balaban J connectivity index is 1.94. The summed E-state index contributed by atoms with van der Waals surface area (Å²) in [5.41, 5.74) is 2.96. The number of aromatic nitrogens is 2. The van der Waals surface area contributed by atoms with Gasteiger partial charge in [-0.15, -0.1) is 0 Å². The van der Waals surface area contributed by atoms with Crippen molar-refractivity contribution in [2.24, 2.45) is 0 Å². The highest BCUT2D eigenvalue weighted by molar-refractivity contribution is 6.12. The number of nitrogens with one attached hydrogen (secondary N) is 2. The molecule has 3 aromatic rings. The second-order valence-electron chi connectivity index (χ2n) is 5.12. The SMILES string of the molecule is COC(=O)c1ccc(C)c(NC(=O)c2cccc3cn[nH]c23)c1. The zero-order chi connectivity index (χ0) is 16.4. The van der Waals surface area contributed by atoms with Gasteiger partial charge in [-0.25, -0.2) is 4.79 Å². The number of amides is 1. The highest BCUT2D eigenvalue weighted by Crippen LogP contribution is 2.21. The molecule has 2 aromatic carbocycles. The first-order chi connectivity index (χ1) is 11.1. The summed E-state index contributed by atoms with van der Waals surface area (Å²) in [6, 6.07) is 10.4. The zero-order valence-corrected chi connectivity index (χ0v) is 12.7. The Hall–Kier alpha value is -3.15. The van der Waals surface area contributed by atoms with Crippen LogP contribution in [0.4, 0.5) is 5.69 Å². The molecule has 1 amide bonds. The number of aromatic amines is 1. The molecule has 0 saturated heterocycles. The van der Waals surface area contributed by atoms with Crippen LogP contribution in [0.25, 0.3) is 10.9 Å². The number of benzene rings is 2. The molecule has 0 spiro atoms. The number of carbonyl (C=O) groups excluding carboxylic acids is 2. The maximum Gasteiger partial charge on any atom is 0.337 e. The van der Waals surface area contributed by atoms with Gasteiger partial charge in [0.1, 0.15) is 0 Å². The van der Waals surface area contributed by atoms with Gasteiger partial charge in [0.25, 0.3) is 5.91 Å². The third-order valence-electron chi connectivity index (χ3n) is 3.63. The van der Waals surface area contributed by atoms with Crippen LogP contribution in [0, 0.1) is 6.92 Å². The first kappa shape index (κ1) is 14.8. The number of H-pyrrole nitrogens is 1. The lowest BCUT2D eigenvalue weighted by Crippen LogP contribution is -2.14. The molecule has 1 heterocycles. The van der Waals surface area contributed by atoms with Gasteiger partial charge in [-0.05, 0) is 30.7 Å². The Morgan fingerprint density at radius 1 is 1.22 bits per heavy atom. The number of esters is 1. The van der Waals surface area contributed by atoms with E-state index in [9.17, 15) is 9.59 Å². The fourth-order valence-electron chi connectivity index (χ4n) is 2.35. The third-order valence-corrected chi connectivity index (χ3v) is 3.63. The molecule has 3 rings (SSSR count). The van der Waals surface area contributed by atoms with Crippen molar-refractivity contribution in [1.29, 1.82) is 0 Å². The maximum atomic E-state index is 12.6. The Labute approximate surface area is 132 Å². The number of carbonyl (C=O) groups is 2. The second kappa shape index (κ2) is 5.92. The first-order valence-corrected chi connectivity index (χ1v) is 7.02. The van der Waals surface area contributed by atoms with Gasteiger partial charge in [0.05, 0.1) is 30.0 Å². The van der Waals surface area contributed by atoms with Crippen molar-refractivity contribution in [3.05, 3.63) is 59.3 Å². The molecule has 0 radical (unpaired) electrons. The van der Waals surface area contributed by atoms with E-state index < -0.39 is 5.97 Å². The Morgan fingerprint density at radius 3 is 2.83 bits per heavy atom. The van der Waals surface area contributed by atoms with Gasteiger partial charge >= 0.3 is 5.97 Å². The fraction of sp³-hybridized carbons (Fsp3) is 0.118. The molecule has 116 valence electrons. The fourth-order valence-corrected chi connectivity index (χ4v) is 2.35. The highest BCUT2D eigenvalue weighted by atomic mass is 16.5. The van der Waals surface area contributed by atoms with E-state index in [1.165, 1.54) is 7.11 Å². The van der Waals surface area contributed by atoms with Crippen LogP contribution in [0.2, 0.25) is 0 Å². The van der Waals surface area contributed by atoms with Gasteiger partial charge in [-0.3, -0.25) is 9.89 Å². The average Bonchev–Trinajstić information content (AvgIpc) is 3.04. The molecule has 6 heteroatoms. The summed E-state index contributed by atoms with van der Waals surface area (Å²) >= 11 is 0. The molecule has 0 bridgehead atoms. The predicted octanol–water partition coefficient (Wildman–Crippen LogP) is 2.91. The second-order valence-corrected chi connectivity index (χ2v) is 5.12. The highest BCUT2D eigenvalue weighted by Gasteiger charge is 2.14. The largest absolute Gasteiger partial charge is 0.465 e. The number of anilines is 1. The van der Waals surface area contributed by atoms with E-state index in [-0.39, 0.29) is 5.91 Å². The standard InChI is InChI=1S/C17H15N3O3/c1-10-6-7-11(17(22)23-2)8-14(10)19-16(21)13-5-3-4-12-9-18-20-15(12)13/h3-9H,1-2H3,(H,18,20)(H,19,21). The van der Waals surface area contributed by atoms with Crippen molar-refractivity contribution in [3.63, 3.8) is 0 Å². The van der Waals surface area contributed by atoms with Crippen molar-refractivity contribution < 1.29 is 14.3 Å². The Kier molecular flexibility index (Phi) is 3.80. The number of methoxy groups -OCH3 is 1. The van der Waals surface area contributed by atoms with Crippen LogP contribution < -0.4 is 5.32 Å². The molecule has 6 nitrogen and oxygen atoms in total. The lowest BCUT2D eigenvalue weighted by Gasteiger charge is -2.10. The van der Waals surface area contributed by atoms with E-state index in [4.69, 9.17) is 4.74 Å². The van der Waals surface area contributed by atoms with Gasteiger partial charge < -0.3 is 10.1 Å². The van der Waals surface area contributed by atoms with Crippen molar-refractivity contribution in [1.82, 2.24) is 10.2 Å².